The normalized spacial score (nSPS) is 10.9. The number of carbonyl (C=O) groups excluding carboxylic acids is 3. The van der Waals surface area contributed by atoms with Crippen LogP contribution >= 0.6 is 0 Å². The molecule has 25 heavy (non-hydrogen) atoms. The molecule has 0 aliphatic rings. The third-order valence-corrected chi connectivity index (χ3v) is 3.51. The van der Waals surface area contributed by atoms with E-state index in [1.165, 1.54) is 13.0 Å². The van der Waals surface area contributed by atoms with Crippen LogP contribution in [-0.2, 0) is 9.59 Å². The molecule has 0 unspecified atom stereocenters. The lowest BCUT2D eigenvalue weighted by atomic mass is 10.1. The van der Waals surface area contributed by atoms with Gasteiger partial charge < -0.3 is 10.6 Å². The number of pyridine rings is 1. The molecule has 1 aromatic carbocycles. The monoisotopic (exact) mass is 337 g/mol. The molecule has 2 rings (SSSR count). The Bertz CT molecular complexity index is 839. The summed E-state index contributed by atoms with van der Waals surface area (Å²) in [5, 5.41) is 5.31. The van der Waals surface area contributed by atoms with Gasteiger partial charge in [0.05, 0.1) is 0 Å². The zero-order valence-corrected chi connectivity index (χ0v) is 14.3. The zero-order valence-electron chi connectivity index (χ0n) is 14.3. The van der Waals surface area contributed by atoms with Crippen molar-refractivity contribution in [3.8, 4) is 0 Å². The molecule has 128 valence electrons. The SMILES string of the molecule is CC(=O)c1ccc(NC(=O)/C(C)=C\C(=O)Nc2ncccc2C)cc1. The van der Waals surface area contributed by atoms with Crippen LogP contribution in [0.5, 0.6) is 0 Å². The van der Waals surface area contributed by atoms with Gasteiger partial charge in [-0.3, -0.25) is 14.4 Å². The summed E-state index contributed by atoms with van der Waals surface area (Å²) >= 11 is 0. The minimum absolute atomic E-state index is 0.0459. The minimum atomic E-state index is -0.429. The first-order valence-corrected chi connectivity index (χ1v) is 7.70. The fourth-order valence-electron chi connectivity index (χ4n) is 2.05. The highest BCUT2D eigenvalue weighted by molar-refractivity contribution is 6.10. The van der Waals surface area contributed by atoms with Crippen molar-refractivity contribution in [1.29, 1.82) is 0 Å². The summed E-state index contributed by atoms with van der Waals surface area (Å²) in [7, 11) is 0. The van der Waals surface area contributed by atoms with Crippen LogP contribution in [0.3, 0.4) is 0 Å². The van der Waals surface area contributed by atoms with Gasteiger partial charge in [-0.2, -0.15) is 0 Å². The average molecular weight is 337 g/mol. The van der Waals surface area contributed by atoms with Crippen LogP contribution < -0.4 is 10.6 Å². The molecule has 1 aromatic heterocycles. The number of aromatic nitrogens is 1. The molecule has 2 amide bonds. The molecule has 0 saturated carbocycles. The molecule has 6 heteroatoms. The fraction of sp³-hybridized carbons (Fsp3) is 0.158. The van der Waals surface area contributed by atoms with Gasteiger partial charge in [0.25, 0.3) is 5.91 Å². The van der Waals surface area contributed by atoms with Gasteiger partial charge in [0, 0.05) is 29.1 Å². The van der Waals surface area contributed by atoms with E-state index in [1.54, 1.807) is 43.5 Å². The summed E-state index contributed by atoms with van der Waals surface area (Å²) in [6, 6.07) is 10.1. The number of nitrogens with zero attached hydrogens (tertiary/aromatic N) is 1. The Morgan fingerprint density at radius 2 is 1.68 bits per heavy atom. The van der Waals surface area contributed by atoms with E-state index in [-0.39, 0.29) is 11.4 Å². The Morgan fingerprint density at radius 3 is 2.28 bits per heavy atom. The van der Waals surface area contributed by atoms with Crippen molar-refractivity contribution in [3.05, 3.63) is 65.4 Å². The van der Waals surface area contributed by atoms with E-state index in [0.717, 1.165) is 5.56 Å². The lowest BCUT2D eigenvalue weighted by molar-refractivity contribution is -0.114. The molecule has 2 N–H and O–H groups in total. The number of nitrogens with one attached hydrogen (secondary N) is 2. The topological polar surface area (TPSA) is 88.2 Å². The lowest BCUT2D eigenvalue weighted by Gasteiger charge is -2.07. The largest absolute Gasteiger partial charge is 0.322 e. The van der Waals surface area contributed by atoms with Crippen molar-refractivity contribution in [2.75, 3.05) is 10.6 Å². The summed E-state index contributed by atoms with van der Waals surface area (Å²) in [4.78, 5) is 39.5. The third-order valence-electron chi connectivity index (χ3n) is 3.51. The Hall–Kier alpha value is -3.28. The van der Waals surface area contributed by atoms with Gasteiger partial charge in [0.1, 0.15) is 5.82 Å². The number of carbonyl (C=O) groups is 3. The number of rotatable bonds is 5. The fourth-order valence-corrected chi connectivity index (χ4v) is 2.05. The van der Waals surface area contributed by atoms with Gasteiger partial charge in [0.15, 0.2) is 5.78 Å². The highest BCUT2D eigenvalue weighted by atomic mass is 16.2. The van der Waals surface area contributed by atoms with Gasteiger partial charge in [-0.1, -0.05) is 6.07 Å². The molecule has 0 atom stereocenters. The summed E-state index contributed by atoms with van der Waals surface area (Å²) in [6.07, 6.45) is 2.80. The van der Waals surface area contributed by atoms with Crippen LogP contribution in [0, 0.1) is 6.92 Å². The molecule has 1 heterocycles. The first kappa shape index (κ1) is 18.1. The maximum Gasteiger partial charge on any atom is 0.251 e. The van der Waals surface area contributed by atoms with Crippen molar-refractivity contribution in [3.63, 3.8) is 0 Å². The maximum atomic E-state index is 12.1. The van der Waals surface area contributed by atoms with Gasteiger partial charge in [-0.25, -0.2) is 4.98 Å². The minimum Gasteiger partial charge on any atom is -0.322 e. The number of benzene rings is 1. The quantitative estimate of drug-likeness (QED) is 0.648. The highest BCUT2D eigenvalue weighted by Crippen LogP contribution is 2.12. The number of Topliss-reactive ketones (excluding diaryl/α,β-unsaturated/α-hetero) is 1. The molecular formula is C19H19N3O3. The smallest absolute Gasteiger partial charge is 0.251 e. The number of aryl methyl sites for hydroxylation is 1. The van der Waals surface area contributed by atoms with Crippen molar-refractivity contribution in [1.82, 2.24) is 4.98 Å². The van der Waals surface area contributed by atoms with E-state index in [0.29, 0.717) is 17.1 Å². The molecular weight excluding hydrogens is 318 g/mol. The molecule has 0 saturated heterocycles. The Balaban J connectivity index is 2.00. The van der Waals surface area contributed by atoms with Crippen molar-refractivity contribution >= 4 is 29.1 Å². The Morgan fingerprint density at radius 1 is 1.00 bits per heavy atom. The van der Waals surface area contributed by atoms with Crippen molar-refractivity contribution < 1.29 is 14.4 Å². The summed E-state index contributed by atoms with van der Waals surface area (Å²) < 4.78 is 0. The van der Waals surface area contributed by atoms with E-state index in [2.05, 4.69) is 15.6 Å². The van der Waals surface area contributed by atoms with Crippen molar-refractivity contribution in [2.45, 2.75) is 20.8 Å². The summed E-state index contributed by atoms with van der Waals surface area (Å²) in [5.41, 5.74) is 2.19. The van der Waals surface area contributed by atoms with E-state index in [1.807, 2.05) is 13.0 Å². The molecule has 0 aliphatic heterocycles. The van der Waals surface area contributed by atoms with Gasteiger partial charge >= 0.3 is 0 Å². The molecule has 2 aromatic rings. The Kier molecular flexibility index (Phi) is 5.79. The molecule has 0 aliphatic carbocycles. The molecule has 6 nitrogen and oxygen atoms in total. The van der Waals surface area contributed by atoms with Crippen molar-refractivity contribution in [2.24, 2.45) is 0 Å². The van der Waals surface area contributed by atoms with E-state index in [4.69, 9.17) is 0 Å². The molecule has 0 spiro atoms. The van der Waals surface area contributed by atoms with Crippen LogP contribution in [0.15, 0.2) is 54.2 Å². The van der Waals surface area contributed by atoms with Crippen LogP contribution in [0.25, 0.3) is 0 Å². The standard InChI is InChI=1S/C19H19N3O3/c1-12-5-4-10-20-18(12)22-17(24)11-13(2)19(25)21-16-8-6-15(7-9-16)14(3)23/h4-11H,1-3H3,(H,21,25)(H,20,22,24)/b13-11-. The van der Waals surface area contributed by atoms with Crippen LogP contribution in [-0.4, -0.2) is 22.6 Å². The van der Waals surface area contributed by atoms with Crippen LogP contribution in [0.4, 0.5) is 11.5 Å². The molecule has 0 bridgehead atoms. The average Bonchev–Trinajstić information content (AvgIpc) is 2.57. The van der Waals surface area contributed by atoms with Gasteiger partial charge in [-0.15, -0.1) is 0 Å². The highest BCUT2D eigenvalue weighted by Gasteiger charge is 2.09. The number of anilines is 2. The number of amides is 2. The third kappa shape index (κ3) is 5.10. The first-order valence-electron chi connectivity index (χ1n) is 7.70. The van der Waals surface area contributed by atoms with E-state index >= 15 is 0 Å². The van der Waals surface area contributed by atoms with Crippen LogP contribution in [0.2, 0.25) is 0 Å². The van der Waals surface area contributed by atoms with Gasteiger partial charge in [-0.05, 0) is 56.7 Å². The van der Waals surface area contributed by atoms with E-state index < -0.39 is 11.8 Å². The maximum absolute atomic E-state index is 12.1. The molecule has 0 radical (unpaired) electrons. The summed E-state index contributed by atoms with van der Waals surface area (Å²) in [6.45, 7) is 4.85. The number of hydrogen-bond acceptors (Lipinski definition) is 4. The second kappa shape index (κ2) is 8.01. The number of hydrogen-bond donors (Lipinski definition) is 2. The zero-order chi connectivity index (χ0) is 18.4. The Labute approximate surface area is 146 Å². The predicted octanol–water partition coefficient (Wildman–Crippen LogP) is 3.12. The van der Waals surface area contributed by atoms with Gasteiger partial charge in [0.2, 0.25) is 5.91 Å². The lowest BCUT2D eigenvalue weighted by Crippen LogP contribution is -2.17. The summed E-state index contributed by atoms with van der Waals surface area (Å²) in [5.74, 6) is -0.419. The molecule has 0 fully saturated rings. The van der Waals surface area contributed by atoms with Crippen LogP contribution in [0.1, 0.15) is 29.8 Å². The van der Waals surface area contributed by atoms with E-state index in [9.17, 15) is 14.4 Å². The predicted molar refractivity (Wildman–Crippen MR) is 96.4 cm³/mol. The second-order valence-corrected chi connectivity index (χ2v) is 5.57. The number of ketones is 1. The first-order chi connectivity index (χ1) is 11.9. The second-order valence-electron chi connectivity index (χ2n) is 5.57.